The number of hydrogen-bond donors (Lipinski definition) is 0. The minimum atomic E-state index is -4.00. The van der Waals surface area contributed by atoms with Crippen LogP contribution in [-0.2, 0) is 14.8 Å². The van der Waals surface area contributed by atoms with Crippen LogP contribution in [0, 0.1) is 5.82 Å². The normalized spacial score (nSPS) is 17.6. The van der Waals surface area contributed by atoms with Crippen molar-refractivity contribution in [3.8, 4) is 0 Å². The number of halogens is 1. The summed E-state index contributed by atoms with van der Waals surface area (Å²) in [5.41, 5.74) is 0.403. The number of anilines is 1. The van der Waals surface area contributed by atoms with E-state index in [-0.39, 0.29) is 23.4 Å². The molecule has 0 radical (unpaired) electrons. The lowest BCUT2D eigenvalue weighted by atomic mass is 10.0. The van der Waals surface area contributed by atoms with Crippen LogP contribution >= 0.6 is 0 Å². The minimum Gasteiger partial charge on any atom is -0.338 e. The van der Waals surface area contributed by atoms with Crippen molar-refractivity contribution < 1.29 is 17.6 Å². The Kier molecular flexibility index (Phi) is 5.79. The summed E-state index contributed by atoms with van der Waals surface area (Å²) >= 11 is 0. The molecule has 0 N–H and O–H groups in total. The Labute approximate surface area is 159 Å². The van der Waals surface area contributed by atoms with Gasteiger partial charge in [0.2, 0.25) is 5.91 Å². The third kappa shape index (κ3) is 4.30. The molecular weight excluding hydrogens is 367 g/mol. The van der Waals surface area contributed by atoms with Gasteiger partial charge in [0.1, 0.15) is 12.4 Å². The number of para-hydroxylation sites is 1. The van der Waals surface area contributed by atoms with E-state index in [1.807, 2.05) is 6.92 Å². The second-order valence-electron chi connectivity index (χ2n) is 6.73. The zero-order valence-corrected chi connectivity index (χ0v) is 16.0. The van der Waals surface area contributed by atoms with Gasteiger partial charge in [-0.15, -0.1) is 0 Å². The summed E-state index contributed by atoms with van der Waals surface area (Å²) < 4.78 is 40.7. The first-order valence-electron chi connectivity index (χ1n) is 9.02. The van der Waals surface area contributed by atoms with Gasteiger partial charge in [-0.1, -0.05) is 18.2 Å². The summed E-state index contributed by atoms with van der Waals surface area (Å²) in [5.74, 6) is -0.741. The zero-order valence-electron chi connectivity index (χ0n) is 15.2. The molecule has 2 aromatic rings. The summed E-state index contributed by atoms with van der Waals surface area (Å²) in [4.78, 5) is 14.6. The van der Waals surface area contributed by atoms with E-state index in [1.54, 1.807) is 35.2 Å². The van der Waals surface area contributed by atoms with Crippen LogP contribution in [0.2, 0.25) is 0 Å². The highest BCUT2D eigenvalue weighted by molar-refractivity contribution is 7.92. The Bertz CT molecular complexity index is 885. The van der Waals surface area contributed by atoms with Crippen molar-refractivity contribution in [3.63, 3.8) is 0 Å². The number of nitrogens with zero attached hydrogens (tertiary/aromatic N) is 2. The molecule has 0 aliphatic carbocycles. The first-order chi connectivity index (χ1) is 12.9. The average molecular weight is 390 g/mol. The summed E-state index contributed by atoms with van der Waals surface area (Å²) in [6.07, 6.45) is 2.91. The van der Waals surface area contributed by atoms with E-state index in [0.29, 0.717) is 12.2 Å². The largest absolute Gasteiger partial charge is 0.338 e. The van der Waals surface area contributed by atoms with Crippen LogP contribution in [0.25, 0.3) is 0 Å². The number of hydrogen-bond acceptors (Lipinski definition) is 3. The fraction of sp³-hybridized carbons (Fsp3) is 0.350. The third-order valence-corrected chi connectivity index (χ3v) is 6.64. The fourth-order valence-corrected chi connectivity index (χ4v) is 4.74. The molecule has 1 fully saturated rings. The van der Waals surface area contributed by atoms with Gasteiger partial charge in [0.05, 0.1) is 10.6 Å². The Morgan fingerprint density at radius 3 is 2.41 bits per heavy atom. The molecule has 144 valence electrons. The van der Waals surface area contributed by atoms with E-state index in [9.17, 15) is 17.6 Å². The number of sulfonamides is 1. The van der Waals surface area contributed by atoms with E-state index in [4.69, 9.17) is 0 Å². The van der Waals surface area contributed by atoms with Crippen LogP contribution in [0.15, 0.2) is 59.5 Å². The summed E-state index contributed by atoms with van der Waals surface area (Å²) in [7, 11) is -4.00. The number of benzene rings is 2. The first kappa shape index (κ1) is 19.4. The number of rotatable bonds is 5. The molecule has 27 heavy (non-hydrogen) atoms. The molecule has 1 heterocycles. The van der Waals surface area contributed by atoms with E-state index >= 15 is 0 Å². The van der Waals surface area contributed by atoms with Gasteiger partial charge in [-0.05, 0) is 62.6 Å². The second kappa shape index (κ2) is 8.08. The standard InChI is InChI=1S/C20H23FN2O3S/c1-16-7-5-6-14-22(16)20(24)15-23(18-8-3-2-4-9-18)27(25,26)19-12-10-17(21)11-13-19/h2-4,8-13,16H,5-7,14-15H2,1H3. The third-order valence-electron chi connectivity index (χ3n) is 4.85. The predicted octanol–water partition coefficient (Wildman–Crippen LogP) is 3.42. The van der Waals surface area contributed by atoms with Gasteiger partial charge in [0.25, 0.3) is 10.0 Å². The fourth-order valence-electron chi connectivity index (χ4n) is 3.33. The number of amides is 1. The molecule has 1 unspecified atom stereocenters. The Morgan fingerprint density at radius 2 is 1.78 bits per heavy atom. The van der Waals surface area contributed by atoms with Crippen molar-refractivity contribution >= 4 is 21.6 Å². The molecule has 0 saturated carbocycles. The minimum absolute atomic E-state index is 0.0488. The summed E-state index contributed by atoms with van der Waals surface area (Å²) in [5, 5.41) is 0. The maximum atomic E-state index is 13.2. The van der Waals surface area contributed by atoms with Gasteiger partial charge in [0.15, 0.2) is 0 Å². The van der Waals surface area contributed by atoms with Gasteiger partial charge < -0.3 is 4.90 Å². The highest BCUT2D eigenvalue weighted by Crippen LogP contribution is 2.25. The first-order valence-corrected chi connectivity index (χ1v) is 10.5. The van der Waals surface area contributed by atoms with Crippen LogP contribution < -0.4 is 4.31 Å². The molecular formula is C20H23FN2O3S. The average Bonchev–Trinajstić information content (AvgIpc) is 2.67. The van der Waals surface area contributed by atoms with Gasteiger partial charge in [-0.25, -0.2) is 12.8 Å². The second-order valence-corrected chi connectivity index (χ2v) is 8.60. The van der Waals surface area contributed by atoms with E-state index < -0.39 is 15.8 Å². The lowest BCUT2D eigenvalue weighted by Gasteiger charge is -2.35. The molecule has 0 spiro atoms. The smallest absolute Gasteiger partial charge is 0.264 e. The molecule has 2 aromatic carbocycles. The summed E-state index contributed by atoms with van der Waals surface area (Å²) in [6.45, 7) is 2.34. The predicted molar refractivity (Wildman–Crippen MR) is 102 cm³/mol. The van der Waals surface area contributed by atoms with Crippen molar-refractivity contribution in [2.75, 3.05) is 17.4 Å². The Hall–Kier alpha value is -2.41. The van der Waals surface area contributed by atoms with Crippen LogP contribution in [-0.4, -0.2) is 38.4 Å². The zero-order chi connectivity index (χ0) is 19.4. The van der Waals surface area contributed by atoms with Crippen LogP contribution in [0.4, 0.5) is 10.1 Å². The number of carbonyl (C=O) groups is 1. The lowest BCUT2D eigenvalue weighted by Crippen LogP contribution is -2.48. The Balaban J connectivity index is 1.94. The van der Waals surface area contributed by atoms with E-state index in [0.717, 1.165) is 35.7 Å². The molecule has 1 amide bonds. The SMILES string of the molecule is CC1CCCCN1C(=O)CN(c1ccccc1)S(=O)(=O)c1ccc(F)cc1. The highest BCUT2D eigenvalue weighted by Gasteiger charge is 2.31. The quantitative estimate of drug-likeness (QED) is 0.786. The molecule has 1 saturated heterocycles. The Morgan fingerprint density at radius 1 is 1.11 bits per heavy atom. The van der Waals surface area contributed by atoms with Gasteiger partial charge in [-0.2, -0.15) is 0 Å². The van der Waals surface area contributed by atoms with Crippen molar-refractivity contribution in [1.82, 2.24) is 4.90 Å². The summed E-state index contributed by atoms with van der Waals surface area (Å²) in [6, 6.07) is 13.2. The van der Waals surface area contributed by atoms with Gasteiger partial charge >= 0.3 is 0 Å². The monoisotopic (exact) mass is 390 g/mol. The molecule has 3 rings (SSSR count). The van der Waals surface area contributed by atoms with Crippen LogP contribution in [0.1, 0.15) is 26.2 Å². The van der Waals surface area contributed by atoms with Crippen molar-refractivity contribution in [2.45, 2.75) is 37.1 Å². The van der Waals surface area contributed by atoms with Gasteiger partial charge in [-0.3, -0.25) is 9.10 Å². The number of likely N-dealkylation sites (tertiary alicyclic amines) is 1. The van der Waals surface area contributed by atoms with Crippen LogP contribution in [0.5, 0.6) is 0 Å². The van der Waals surface area contributed by atoms with Crippen molar-refractivity contribution in [1.29, 1.82) is 0 Å². The molecule has 1 atom stereocenters. The topological polar surface area (TPSA) is 57.7 Å². The molecule has 7 heteroatoms. The molecule has 1 aliphatic rings. The van der Waals surface area contributed by atoms with Crippen molar-refractivity contribution in [2.24, 2.45) is 0 Å². The molecule has 0 aromatic heterocycles. The molecule has 0 bridgehead atoms. The van der Waals surface area contributed by atoms with E-state index in [1.165, 1.54) is 12.1 Å². The molecule has 1 aliphatic heterocycles. The van der Waals surface area contributed by atoms with Crippen LogP contribution in [0.3, 0.4) is 0 Å². The van der Waals surface area contributed by atoms with E-state index in [2.05, 4.69) is 0 Å². The maximum Gasteiger partial charge on any atom is 0.264 e. The van der Waals surface area contributed by atoms with Gasteiger partial charge in [0, 0.05) is 12.6 Å². The number of piperidine rings is 1. The van der Waals surface area contributed by atoms with Crippen molar-refractivity contribution in [3.05, 3.63) is 60.4 Å². The maximum absolute atomic E-state index is 13.2. The highest BCUT2D eigenvalue weighted by atomic mass is 32.2. The lowest BCUT2D eigenvalue weighted by molar-refractivity contribution is -0.132. The molecule has 5 nitrogen and oxygen atoms in total. The number of carbonyl (C=O) groups excluding carboxylic acids is 1.